The van der Waals surface area contributed by atoms with E-state index in [0.717, 1.165) is 16.7 Å². The highest BCUT2D eigenvalue weighted by Crippen LogP contribution is 2.31. The fraction of sp³-hybridized carbons (Fsp3) is 0.444. The van der Waals surface area contributed by atoms with Gasteiger partial charge in [-0.15, -0.1) is 0 Å². The first-order valence-electron chi connectivity index (χ1n) is 3.46. The van der Waals surface area contributed by atoms with Crippen LogP contribution >= 0.6 is 0 Å². The second-order valence-corrected chi connectivity index (χ2v) is 2.86. The van der Waals surface area contributed by atoms with Gasteiger partial charge in [-0.3, -0.25) is 4.79 Å². The standard InChI is InChI=1S/C9H12O/c1-5-6(2)8(4)9(10)7(5)3/h7H,1H2,2-4H3. The van der Waals surface area contributed by atoms with Crippen molar-refractivity contribution in [1.82, 2.24) is 0 Å². The molecule has 0 fully saturated rings. The molecule has 0 radical (unpaired) electrons. The minimum Gasteiger partial charge on any atom is -0.294 e. The van der Waals surface area contributed by atoms with Crippen molar-refractivity contribution in [3.05, 3.63) is 23.3 Å². The van der Waals surface area contributed by atoms with E-state index in [-0.39, 0.29) is 11.7 Å². The first-order chi connectivity index (χ1) is 4.55. The monoisotopic (exact) mass is 136 g/mol. The molecule has 54 valence electrons. The largest absolute Gasteiger partial charge is 0.294 e. The van der Waals surface area contributed by atoms with Crippen molar-refractivity contribution in [3.63, 3.8) is 0 Å². The maximum absolute atomic E-state index is 11.2. The van der Waals surface area contributed by atoms with Gasteiger partial charge >= 0.3 is 0 Å². The Kier molecular flexibility index (Phi) is 1.51. The number of carbonyl (C=O) groups is 1. The average Bonchev–Trinajstić information content (AvgIpc) is 2.07. The Bertz CT molecular complexity index is 209. The van der Waals surface area contributed by atoms with E-state index in [9.17, 15) is 4.79 Å². The van der Waals surface area contributed by atoms with Crippen LogP contribution in [-0.4, -0.2) is 5.78 Å². The summed E-state index contributed by atoms with van der Waals surface area (Å²) in [7, 11) is 0. The molecule has 1 unspecified atom stereocenters. The van der Waals surface area contributed by atoms with Crippen LogP contribution in [0.25, 0.3) is 0 Å². The lowest BCUT2D eigenvalue weighted by Gasteiger charge is -2.00. The molecule has 0 amide bonds. The lowest BCUT2D eigenvalue weighted by atomic mass is 10.0. The van der Waals surface area contributed by atoms with Crippen molar-refractivity contribution in [2.75, 3.05) is 0 Å². The molecular formula is C9H12O. The van der Waals surface area contributed by atoms with Crippen LogP contribution in [0.5, 0.6) is 0 Å². The fourth-order valence-electron chi connectivity index (χ4n) is 1.23. The van der Waals surface area contributed by atoms with Gasteiger partial charge < -0.3 is 0 Å². The SMILES string of the molecule is C=C1C(C)=C(C)C(=O)C1C. The smallest absolute Gasteiger partial charge is 0.165 e. The quantitative estimate of drug-likeness (QED) is 0.498. The third kappa shape index (κ3) is 0.737. The van der Waals surface area contributed by atoms with Gasteiger partial charge in [0.25, 0.3) is 0 Å². The zero-order valence-electron chi connectivity index (χ0n) is 6.69. The Morgan fingerprint density at radius 1 is 1.30 bits per heavy atom. The normalized spacial score (nSPS) is 26.5. The summed E-state index contributed by atoms with van der Waals surface area (Å²) in [4.78, 5) is 11.2. The van der Waals surface area contributed by atoms with Crippen LogP contribution in [-0.2, 0) is 4.79 Å². The molecule has 0 aliphatic heterocycles. The molecule has 1 nitrogen and oxygen atoms in total. The minimum atomic E-state index is 0.0278. The van der Waals surface area contributed by atoms with Crippen LogP contribution in [0.15, 0.2) is 23.3 Å². The Hall–Kier alpha value is -0.850. The van der Waals surface area contributed by atoms with E-state index < -0.39 is 0 Å². The van der Waals surface area contributed by atoms with Crippen LogP contribution in [0.4, 0.5) is 0 Å². The molecule has 0 aromatic heterocycles. The summed E-state index contributed by atoms with van der Waals surface area (Å²) in [5.74, 6) is 0.266. The van der Waals surface area contributed by atoms with E-state index in [1.807, 2.05) is 20.8 Å². The molecule has 0 N–H and O–H groups in total. The molecule has 0 aromatic carbocycles. The van der Waals surface area contributed by atoms with Gasteiger partial charge in [-0.2, -0.15) is 0 Å². The number of hydrogen-bond acceptors (Lipinski definition) is 1. The highest BCUT2D eigenvalue weighted by molar-refractivity contribution is 6.03. The van der Waals surface area contributed by atoms with Gasteiger partial charge in [0.05, 0.1) is 0 Å². The molecule has 1 heteroatoms. The molecule has 1 atom stereocenters. The fourth-order valence-corrected chi connectivity index (χ4v) is 1.23. The number of Topliss-reactive ketones (excluding diaryl/α,β-unsaturated/α-hetero) is 1. The number of hydrogen-bond donors (Lipinski definition) is 0. The van der Waals surface area contributed by atoms with E-state index in [2.05, 4.69) is 6.58 Å². The predicted molar refractivity (Wildman–Crippen MR) is 41.7 cm³/mol. The topological polar surface area (TPSA) is 17.1 Å². The molecule has 0 aromatic rings. The van der Waals surface area contributed by atoms with Crippen LogP contribution in [0.2, 0.25) is 0 Å². The van der Waals surface area contributed by atoms with Crippen molar-refractivity contribution in [2.24, 2.45) is 5.92 Å². The summed E-state index contributed by atoms with van der Waals surface area (Å²) in [6, 6.07) is 0. The molecule has 0 heterocycles. The second-order valence-electron chi connectivity index (χ2n) is 2.86. The van der Waals surface area contributed by atoms with Crippen LogP contribution in [0.1, 0.15) is 20.8 Å². The highest BCUT2D eigenvalue weighted by Gasteiger charge is 2.27. The van der Waals surface area contributed by atoms with E-state index >= 15 is 0 Å². The first-order valence-corrected chi connectivity index (χ1v) is 3.46. The van der Waals surface area contributed by atoms with Gasteiger partial charge in [0.2, 0.25) is 0 Å². The van der Waals surface area contributed by atoms with Crippen molar-refractivity contribution >= 4 is 5.78 Å². The molecule has 0 saturated heterocycles. The zero-order chi connectivity index (χ0) is 7.89. The molecule has 10 heavy (non-hydrogen) atoms. The molecule has 1 rings (SSSR count). The average molecular weight is 136 g/mol. The van der Waals surface area contributed by atoms with Crippen LogP contribution in [0.3, 0.4) is 0 Å². The van der Waals surface area contributed by atoms with Crippen molar-refractivity contribution in [3.8, 4) is 0 Å². The number of allylic oxidation sites excluding steroid dienone is 3. The Labute approximate surface area is 61.4 Å². The van der Waals surface area contributed by atoms with E-state index in [0.29, 0.717) is 0 Å². The lowest BCUT2D eigenvalue weighted by Crippen LogP contribution is -2.04. The second kappa shape index (κ2) is 2.08. The summed E-state index contributed by atoms with van der Waals surface area (Å²) in [6.45, 7) is 9.57. The summed E-state index contributed by atoms with van der Waals surface area (Å²) in [6.07, 6.45) is 0. The predicted octanol–water partition coefficient (Wildman–Crippen LogP) is 2.10. The summed E-state index contributed by atoms with van der Waals surface area (Å²) >= 11 is 0. The molecule has 0 bridgehead atoms. The number of ketones is 1. The van der Waals surface area contributed by atoms with Gasteiger partial charge in [-0.05, 0) is 30.6 Å². The van der Waals surface area contributed by atoms with E-state index in [1.165, 1.54) is 0 Å². The van der Waals surface area contributed by atoms with Crippen LogP contribution < -0.4 is 0 Å². The van der Waals surface area contributed by atoms with Gasteiger partial charge in [0.15, 0.2) is 5.78 Å². The maximum atomic E-state index is 11.2. The number of carbonyl (C=O) groups excluding carboxylic acids is 1. The van der Waals surface area contributed by atoms with Gasteiger partial charge in [0, 0.05) is 5.92 Å². The van der Waals surface area contributed by atoms with Crippen LogP contribution in [0, 0.1) is 5.92 Å². The van der Waals surface area contributed by atoms with Gasteiger partial charge in [-0.1, -0.05) is 13.5 Å². The molecule has 0 saturated carbocycles. The number of rotatable bonds is 0. The zero-order valence-corrected chi connectivity index (χ0v) is 6.69. The maximum Gasteiger partial charge on any atom is 0.165 e. The van der Waals surface area contributed by atoms with E-state index in [1.54, 1.807) is 0 Å². The van der Waals surface area contributed by atoms with Crippen molar-refractivity contribution < 1.29 is 4.79 Å². The third-order valence-electron chi connectivity index (χ3n) is 2.33. The molecular weight excluding hydrogens is 124 g/mol. The summed E-state index contributed by atoms with van der Waals surface area (Å²) < 4.78 is 0. The van der Waals surface area contributed by atoms with E-state index in [4.69, 9.17) is 0 Å². The van der Waals surface area contributed by atoms with Crippen molar-refractivity contribution in [1.29, 1.82) is 0 Å². The molecule has 1 aliphatic carbocycles. The van der Waals surface area contributed by atoms with Gasteiger partial charge in [0.1, 0.15) is 0 Å². The lowest BCUT2D eigenvalue weighted by molar-refractivity contribution is -0.117. The first kappa shape index (κ1) is 7.26. The molecule has 1 aliphatic rings. The Balaban J connectivity index is 3.11. The molecule has 0 spiro atoms. The Morgan fingerprint density at radius 2 is 1.80 bits per heavy atom. The summed E-state index contributed by atoms with van der Waals surface area (Å²) in [5, 5.41) is 0. The highest BCUT2D eigenvalue weighted by atomic mass is 16.1. The minimum absolute atomic E-state index is 0.0278. The van der Waals surface area contributed by atoms with Crippen molar-refractivity contribution in [2.45, 2.75) is 20.8 Å². The van der Waals surface area contributed by atoms with Gasteiger partial charge in [-0.25, -0.2) is 0 Å². The Morgan fingerprint density at radius 3 is 1.90 bits per heavy atom. The summed E-state index contributed by atoms with van der Waals surface area (Å²) in [5.41, 5.74) is 2.96. The third-order valence-corrected chi connectivity index (χ3v) is 2.33.